The van der Waals surface area contributed by atoms with Crippen LogP contribution in [-0.4, -0.2) is 14.7 Å². The molecule has 14 heavy (non-hydrogen) atoms. The molecule has 1 N–H and O–H groups in total. The number of aliphatic hydroxyl groups excluding tert-OH is 1. The molecule has 1 saturated carbocycles. The Morgan fingerprint density at radius 2 is 2.29 bits per heavy atom. The van der Waals surface area contributed by atoms with E-state index in [9.17, 15) is 5.11 Å². The summed E-state index contributed by atoms with van der Waals surface area (Å²) in [6.45, 7) is 2.96. The van der Waals surface area contributed by atoms with Gasteiger partial charge in [0.15, 0.2) is 0 Å². The zero-order valence-corrected chi connectivity index (χ0v) is 8.69. The van der Waals surface area contributed by atoms with Gasteiger partial charge in [-0.3, -0.25) is 0 Å². The molecule has 1 aliphatic rings. The van der Waals surface area contributed by atoms with Crippen LogP contribution in [0.5, 0.6) is 0 Å². The van der Waals surface area contributed by atoms with Crippen LogP contribution in [-0.2, 0) is 6.54 Å². The zero-order chi connectivity index (χ0) is 9.97. The van der Waals surface area contributed by atoms with Gasteiger partial charge in [0.05, 0.1) is 0 Å². The maximum atomic E-state index is 10.1. The molecule has 0 saturated heterocycles. The van der Waals surface area contributed by atoms with E-state index >= 15 is 0 Å². The molecule has 0 spiro atoms. The van der Waals surface area contributed by atoms with Gasteiger partial charge >= 0.3 is 0 Å². The minimum Gasteiger partial charge on any atom is -0.385 e. The average molecular weight is 194 g/mol. The van der Waals surface area contributed by atoms with Crippen LogP contribution in [0.2, 0.25) is 0 Å². The van der Waals surface area contributed by atoms with Crippen molar-refractivity contribution in [2.24, 2.45) is 5.92 Å². The summed E-state index contributed by atoms with van der Waals surface area (Å²) in [5, 5.41) is 10.1. The van der Waals surface area contributed by atoms with E-state index in [1.54, 1.807) is 6.20 Å². The van der Waals surface area contributed by atoms with Crippen molar-refractivity contribution in [1.29, 1.82) is 0 Å². The fourth-order valence-corrected chi connectivity index (χ4v) is 2.34. The lowest BCUT2D eigenvalue weighted by atomic mass is 10.0. The van der Waals surface area contributed by atoms with Gasteiger partial charge in [0.1, 0.15) is 11.9 Å². The first-order valence-electron chi connectivity index (χ1n) is 5.52. The molecule has 1 heterocycles. The van der Waals surface area contributed by atoms with Crippen molar-refractivity contribution in [2.75, 3.05) is 0 Å². The number of imidazole rings is 1. The Morgan fingerprint density at radius 3 is 2.93 bits per heavy atom. The maximum Gasteiger partial charge on any atom is 0.137 e. The van der Waals surface area contributed by atoms with Gasteiger partial charge in [0.25, 0.3) is 0 Å². The summed E-state index contributed by atoms with van der Waals surface area (Å²) in [7, 11) is 0. The van der Waals surface area contributed by atoms with E-state index in [4.69, 9.17) is 0 Å². The van der Waals surface area contributed by atoms with E-state index in [0.29, 0.717) is 5.92 Å². The van der Waals surface area contributed by atoms with Crippen LogP contribution in [0, 0.1) is 5.92 Å². The molecule has 1 aromatic heterocycles. The van der Waals surface area contributed by atoms with E-state index in [-0.39, 0.29) is 6.10 Å². The minimum absolute atomic E-state index is 0.354. The van der Waals surface area contributed by atoms with Gasteiger partial charge in [-0.25, -0.2) is 4.98 Å². The van der Waals surface area contributed by atoms with Crippen molar-refractivity contribution in [3.63, 3.8) is 0 Å². The maximum absolute atomic E-state index is 10.1. The van der Waals surface area contributed by atoms with E-state index < -0.39 is 0 Å². The molecule has 2 rings (SSSR count). The predicted molar refractivity (Wildman–Crippen MR) is 54.8 cm³/mol. The number of aryl methyl sites for hydroxylation is 1. The third-order valence-corrected chi connectivity index (χ3v) is 3.20. The molecule has 3 nitrogen and oxygen atoms in total. The highest BCUT2D eigenvalue weighted by molar-refractivity contribution is 4.99. The molecule has 1 unspecified atom stereocenters. The summed E-state index contributed by atoms with van der Waals surface area (Å²) >= 11 is 0. The van der Waals surface area contributed by atoms with Crippen molar-refractivity contribution < 1.29 is 5.11 Å². The molecular formula is C11H18N2O. The smallest absolute Gasteiger partial charge is 0.137 e. The van der Waals surface area contributed by atoms with Gasteiger partial charge in [-0.15, -0.1) is 0 Å². The Morgan fingerprint density at radius 1 is 1.57 bits per heavy atom. The predicted octanol–water partition coefficient (Wildman–Crippen LogP) is 2.13. The number of aromatic nitrogens is 2. The first-order chi connectivity index (χ1) is 6.83. The summed E-state index contributed by atoms with van der Waals surface area (Å²) in [5.74, 6) is 1.28. The van der Waals surface area contributed by atoms with Crippen LogP contribution in [0.3, 0.4) is 0 Å². The Labute approximate surface area is 84.8 Å². The third-order valence-electron chi connectivity index (χ3n) is 3.20. The molecule has 1 fully saturated rings. The highest BCUT2D eigenvalue weighted by atomic mass is 16.3. The molecule has 3 heteroatoms. The summed E-state index contributed by atoms with van der Waals surface area (Å²) in [5.41, 5.74) is 0. The molecular weight excluding hydrogens is 176 g/mol. The average Bonchev–Trinajstić information content (AvgIpc) is 2.87. The Balaban J connectivity index is 2.12. The third kappa shape index (κ3) is 1.69. The highest BCUT2D eigenvalue weighted by Crippen LogP contribution is 2.34. The molecule has 0 radical (unpaired) electrons. The minimum atomic E-state index is -0.354. The first-order valence-corrected chi connectivity index (χ1v) is 5.52. The topological polar surface area (TPSA) is 38.0 Å². The van der Waals surface area contributed by atoms with Crippen LogP contribution < -0.4 is 0 Å². The molecule has 0 aromatic carbocycles. The standard InChI is InChI=1S/C11H18N2O/c1-2-13-8-7-12-11(13)10(14)9-5-3-4-6-9/h7-10,14H,2-6H2,1H3. The first kappa shape index (κ1) is 9.71. The fraction of sp³-hybridized carbons (Fsp3) is 0.727. The quantitative estimate of drug-likeness (QED) is 0.800. The summed E-state index contributed by atoms with van der Waals surface area (Å²) < 4.78 is 2.03. The molecule has 0 amide bonds. The Bertz CT molecular complexity index is 289. The van der Waals surface area contributed by atoms with Gasteiger partial charge < -0.3 is 9.67 Å². The number of rotatable bonds is 3. The van der Waals surface area contributed by atoms with E-state index in [1.165, 1.54) is 12.8 Å². The summed E-state index contributed by atoms with van der Waals surface area (Å²) in [6, 6.07) is 0. The summed E-state index contributed by atoms with van der Waals surface area (Å²) in [4.78, 5) is 4.24. The van der Waals surface area contributed by atoms with Gasteiger partial charge in [-0.2, -0.15) is 0 Å². The number of aliphatic hydroxyl groups is 1. The van der Waals surface area contributed by atoms with Crippen LogP contribution in [0.1, 0.15) is 44.5 Å². The van der Waals surface area contributed by atoms with Gasteiger partial charge in [-0.05, 0) is 25.7 Å². The Kier molecular flexibility index (Phi) is 2.87. The molecule has 78 valence electrons. The normalized spacial score (nSPS) is 20.1. The molecule has 0 bridgehead atoms. The molecule has 1 aliphatic carbocycles. The van der Waals surface area contributed by atoms with Crippen molar-refractivity contribution in [1.82, 2.24) is 9.55 Å². The van der Waals surface area contributed by atoms with Crippen molar-refractivity contribution >= 4 is 0 Å². The van der Waals surface area contributed by atoms with Gasteiger partial charge in [-0.1, -0.05) is 12.8 Å². The van der Waals surface area contributed by atoms with Crippen LogP contribution >= 0.6 is 0 Å². The second-order valence-corrected chi connectivity index (χ2v) is 4.06. The van der Waals surface area contributed by atoms with Crippen molar-refractivity contribution in [2.45, 2.75) is 45.3 Å². The lowest BCUT2D eigenvalue weighted by Gasteiger charge is -2.17. The lowest BCUT2D eigenvalue weighted by molar-refractivity contribution is 0.0991. The van der Waals surface area contributed by atoms with E-state index in [0.717, 1.165) is 25.2 Å². The molecule has 0 aliphatic heterocycles. The fourth-order valence-electron chi connectivity index (χ4n) is 2.34. The monoisotopic (exact) mass is 194 g/mol. The van der Waals surface area contributed by atoms with Crippen molar-refractivity contribution in [3.8, 4) is 0 Å². The number of hydrogen-bond donors (Lipinski definition) is 1. The summed E-state index contributed by atoms with van der Waals surface area (Å²) in [6.07, 6.45) is 8.18. The Hall–Kier alpha value is -0.830. The number of hydrogen-bond acceptors (Lipinski definition) is 2. The number of nitrogens with zero attached hydrogens (tertiary/aromatic N) is 2. The van der Waals surface area contributed by atoms with Gasteiger partial charge in [0, 0.05) is 18.9 Å². The van der Waals surface area contributed by atoms with Crippen LogP contribution in [0.25, 0.3) is 0 Å². The molecule has 1 atom stereocenters. The van der Waals surface area contributed by atoms with Crippen molar-refractivity contribution in [3.05, 3.63) is 18.2 Å². The second kappa shape index (κ2) is 4.13. The SMILES string of the molecule is CCn1ccnc1C(O)C1CCCC1. The largest absolute Gasteiger partial charge is 0.385 e. The van der Waals surface area contributed by atoms with E-state index in [2.05, 4.69) is 11.9 Å². The zero-order valence-electron chi connectivity index (χ0n) is 8.69. The molecule has 1 aromatic rings. The van der Waals surface area contributed by atoms with Crippen LogP contribution in [0.15, 0.2) is 12.4 Å². The lowest BCUT2D eigenvalue weighted by Crippen LogP contribution is -2.14. The van der Waals surface area contributed by atoms with Gasteiger partial charge in [0.2, 0.25) is 0 Å². The second-order valence-electron chi connectivity index (χ2n) is 4.06. The van der Waals surface area contributed by atoms with E-state index in [1.807, 2.05) is 10.8 Å². The van der Waals surface area contributed by atoms with Crippen LogP contribution in [0.4, 0.5) is 0 Å². The highest BCUT2D eigenvalue weighted by Gasteiger charge is 2.26.